The number of carboxylic acid groups (broad SMARTS) is 1. The van der Waals surface area contributed by atoms with Gasteiger partial charge in [-0.15, -0.1) is 0 Å². The zero-order valence-corrected chi connectivity index (χ0v) is 25.1. The van der Waals surface area contributed by atoms with E-state index in [1.807, 2.05) is 0 Å². The summed E-state index contributed by atoms with van der Waals surface area (Å²) in [4.78, 5) is 34.2. The molecule has 2 amide bonds. The summed E-state index contributed by atoms with van der Waals surface area (Å²) in [5.74, 6) is -7.66. The van der Waals surface area contributed by atoms with Crippen molar-refractivity contribution in [2.45, 2.75) is 76.1 Å². The second kappa shape index (κ2) is 10.8. The summed E-state index contributed by atoms with van der Waals surface area (Å²) in [6.45, 7) is 2.70. The summed E-state index contributed by atoms with van der Waals surface area (Å²) in [5, 5.41) is 10.1. The van der Waals surface area contributed by atoms with E-state index in [0.717, 1.165) is 17.0 Å². The number of hydrogen-bond acceptors (Lipinski definition) is 4. The maximum Gasteiger partial charge on any atom is 0.410 e. The highest BCUT2D eigenvalue weighted by atomic mass is 19.3. The van der Waals surface area contributed by atoms with Crippen molar-refractivity contribution in [1.82, 2.24) is 24.3 Å². The van der Waals surface area contributed by atoms with Crippen LogP contribution in [0.5, 0.6) is 0 Å². The molecule has 4 heterocycles. The lowest BCUT2D eigenvalue weighted by Crippen LogP contribution is -2.42. The van der Waals surface area contributed by atoms with Crippen molar-refractivity contribution < 1.29 is 45.8 Å². The smallest absolute Gasteiger partial charge is 0.410 e. The maximum absolute atomic E-state index is 14.8. The molecule has 15 heteroatoms. The maximum atomic E-state index is 14.8. The molecular weight excluding hydrogens is 620 g/mol. The Bertz CT molecular complexity index is 1850. The van der Waals surface area contributed by atoms with Crippen molar-refractivity contribution in [2.24, 2.45) is 0 Å². The largest absolute Gasteiger partial charge is 0.465 e. The number of fused-ring (bicyclic) bond motifs is 2. The Morgan fingerprint density at radius 2 is 1.61 bits per heavy atom. The predicted molar refractivity (Wildman–Crippen MR) is 155 cm³/mol. The molecule has 0 bridgehead atoms. The van der Waals surface area contributed by atoms with E-state index in [4.69, 9.17) is 4.74 Å². The number of ether oxygens (including phenoxy) is 1. The van der Waals surface area contributed by atoms with E-state index in [1.54, 1.807) is 20.8 Å². The molecule has 0 unspecified atom stereocenters. The number of imidazole rings is 1. The topological polar surface area (TPSA) is 104 Å². The SMILES string of the molecule is CC(C)(C)OC(=O)N1CC(F)(F)C[C@H]1Cn1c(-c2[nH]c3cc(F)ccc3c2C[C@@H]2CC(F)(F)CN2C(=O)O)nc2cc(F)ccc21. The third-order valence-electron chi connectivity index (χ3n) is 8.26. The van der Waals surface area contributed by atoms with Crippen molar-refractivity contribution in [3.63, 3.8) is 0 Å². The fraction of sp³-hybridized carbons (Fsp3) is 0.452. The van der Waals surface area contributed by atoms with Crippen LogP contribution in [0, 0.1) is 11.6 Å². The molecule has 46 heavy (non-hydrogen) atoms. The minimum atomic E-state index is -3.27. The van der Waals surface area contributed by atoms with Gasteiger partial charge in [-0.05, 0) is 63.1 Å². The number of aromatic nitrogens is 3. The molecule has 6 rings (SSSR count). The standard InChI is InChI=1S/C31H31F6N5O4/c1-29(2,3)46-28(45)42-15-31(36,37)12-19(42)13-40-24-7-5-17(33)9-23(24)39-26(40)25-21(20-6-4-16(32)8-22(20)38-25)10-18-11-30(34,35)14-41(18)27(43)44/h4-9,18-19,38H,10-15H2,1-3H3,(H,43,44)/t18-,19+/m1/s1. The molecular formula is C31H31F6N5O4. The first kappa shape index (κ1) is 31.5. The third kappa shape index (κ3) is 6.06. The highest BCUT2D eigenvalue weighted by Crippen LogP contribution is 2.40. The molecule has 2 aromatic heterocycles. The summed E-state index contributed by atoms with van der Waals surface area (Å²) >= 11 is 0. The normalized spacial score (nSPS) is 21.1. The molecule has 2 fully saturated rings. The number of carbonyl (C=O) groups is 2. The molecule has 2 N–H and O–H groups in total. The van der Waals surface area contributed by atoms with Gasteiger partial charge in [-0.25, -0.2) is 40.9 Å². The Hall–Kier alpha value is -4.43. The van der Waals surface area contributed by atoms with E-state index in [2.05, 4.69) is 9.97 Å². The van der Waals surface area contributed by atoms with E-state index < -0.39 is 79.3 Å². The number of aromatic amines is 1. The molecule has 2 aliphatic heterocycles. The fourth-order valence-corrected chi connectivity index (χ4v) is 6.45. The quantitative estimate of drug-likeness (QED) is 0.226. The lowest BCUT2D eigenvalue weighted by atomic mass is 9.99. The lowest BCUT2D eigenvalue weighted by molar-refractivity contribution is -0.00251. The number of nitrogens with one attached hydrogen (secondary N) is 1. The third-order valence-corrected chi connectivity index (χ3v) is 8.26. The summed E-state index contributed by atoms with van der Waals surface area (Å²) in [6.07, 6.45) is -4.14. The Morgan fingerprint density at radius 3 is 2.28 bits per heavy atom. The number of benzene rings is 2. The van der Waals surface area contributed by atoms with Crippen LogP contribution >= 0.6 is 0 Å². The number of amides is 2. The number of hydrogen-bond donors (Lipinski definition) is 2. The molecule has 0 aliphatic carbocycles. The van der Waals surface area contributed by atoms with Crippen LogP contribution in [0.25, 0.3) is 33.5 Å². The van der Waals surface area contributed by atoms with Gasteiger partial charge in [-0.3, -0.25) is 9.80 Å². The van der Waals surface area contributed by atoms with Crippen LogP contribution in [0.4, 0.5) is 35.9 Å². The van der Waals surface area contributed by atoms with Gasteiger partial charge in [0.15, 0.2) is 5.82 Å². The highest BCUT2D eigenvalue weighted by molar-refractivity contribution is 5.92. The van der Waals surface area contributed by atoms with Gasteiger partial charge in [-0.1, -0.05) is 0 Å². The number of likely N-dealkylation sites (tertiary alicyclic amines) is 2. The van der Waals surface area contributed by atoms with E-state index in [9.17, 15) is 41.0 Å². The summed E-state index contributed by atoms with van der Waals surface area (Å²) < 4.78 is 94.1. The minimum Gasteiger partial charge on any atom is -0.465 e. The number of carbonyl (C=O) groups excluding carboxylic acids is 1. The summed E-state index contributed by atoms with van der Waals surface area (Å²) in [6, 6.07) is 5.22. The minimum absolute atomic E-state index is 0.0817. The molecule has 2 aliphatic rings. The van der Waals surface area contributed by atoms with Crippen molar-refractivity contribution >= 4 is 34.1 Å². The van der Waals surface area contributed by atoms with Crippen molar-refractivity contribution in [3.8, 4) is 11.5 Å². The van der Waals surface area contributed by atoms with Crippen molar-refractivity contribution in [1.29, 1.82) is 0 Å². The van der Waals surface area contributed by atoms with E-state index in [1.165, 1.54) is 28.8 Å². The van der Waals surface area contributed by atoms with Crippen LogP contribution in [-0.4, -0.2) is 84.2 Å². The average molecular weight is 652 g/mol. The van der Waals surface area contributed by atoms with Crippen LogP contribution in [0.3, 0.4) is 0 Å². The molecule has 0 spiro atoms. The zero-order chi connectivity index (χ0) is 33.3. The van der Waals surface area contributed by atoms with Gasteiger partial charge in [-0.2, -0.15) is 0 Å². The van der Waals surface area contributed by atoms with Crippen LogP contribution < -0.4 is 0 Å². The molecule has 4 aromatic rings. The second-order valence-corrected chi connectivity index (χ2v) is 13.0. The monoisotopic (exact) mass is 651 g/mol. The van der Waals surface area contributed by atoms with Crippen LogP contribution in [0.2, 0.25) is 0 Å². The molecule has 2 atom stereocenters. The van der Waals surface area contributed by atoms with Crippen molar-refractivity contribution in [2.75, 3.05) is 13.1 Å². The molecule has 2 saturated heterocycles. The van der Waals surface area contributed by atoms with E-state index >= 15 is 0 Å². The molecule has 0 saturated carbocycles. The van der Waals surface area contributed by atoms with Gasteiger partial charge in [0.25, 0.3) is 11.8 Å². The molecule has 9 nitrogen and oxygen atoms in total. The Labute approximate surface area is 258 Å². The van der Waals surface area contributed by atoms with Gasteiger partial charge in [0, 0.05) is 42.4 Å². The van der Waals surface area contributed by atoms with E-state index in [0.29, 0.717) is 21.4 Å². The highest BCUT2D eigenvalue weighted by Gasteiger charge is 2.49. The second-order valence-electron chi connectivity index (χ2n) is 13.0. The van der Waals surface area contributed by atoms with Gasteiger partial charge in [0.1, 0.15) is 17.2 Å². The van der Waals surface area contributed by atoms with Gasteiger partial charge < -0.3 is 19.4 Å². The van der Waals surface area contributed by atoms with Crippen molar-refractivity contribution in [3.05, 3.63) is 53.6 Å². The lowest BCUT2D eigenvalue weighted by Gasteiger charge is -2.28. The predicted octanol–water partition coefficient (Wildman–Crippen LogP) is 7.04. The first-order valence-corrected chi connectivity index (χ1v) is 14.6. The van der Waals surface area contributed by atoms with Gasteiger partial charge in [0.2, 0.25) is 0 Å². The first-order valence-electron chi connectivity index (χ1n) is 14.6. The van der Waals surface area contributed by atoms with E-state index in [-0.39, 0.29) is 35.5 Å². The summed E-state index contributed by atoms with van der Waals surface area (Å²) in [5.41, 5.74) is 0.279. The Balaban J connectivity index is 1.49. The van der Waals surface area contributed by atoms with Crippen LogP contribution in [0.15, 0.2) is 36.4 Å². The molecule has 0 radical (unpaired) electrons. The number of nitrogens with zero attached hydrogens (tertiary/aromatic N) is 4. The van der Waals surface area contributed by atoms with Gasteiger partial charge >= 0.3 is 12.2 Å². The number of alkyl halides is 4. The Morgan fingerprint density at radius 1 is 0.978 bits per heavy atom. The zero-order valence-electron chi connectivity index (χ0n) is 25.1. The number of rotatable bonds is 5. The summed E-state index contributed by atoms with van der Waals surface area (Å²) in [7, 11) is 0. The first-order chi connectivity index (χ1) is 21.4. The van der Waals surface area contributed by atoms with Crippen LogP contribution in [-0.2, 0) is 17.7 Å². The average Bonchev–Trinajstić information content (AvgIpc) is 3.63. The molecule has 2 aromatic carbocycles. The number of halogens is 6. The van der Waals surface area contributed by atoms with Gasteiger partial charge in [0.05, 0.1) is 35.9 Å². The Kier molecular flexibility index (Phi) is 7.43. The molecule has 246 valence electrons. The number of H-pyrrole nitrogens is 1. The van der Waals surface area contributed by atoms with Crippen LogP contribution in [0.1, 0.15) is 39.2 Å². The fourth-order valence-electron chi connectivity index (χ4n) is 6.45.